The molecule has 0 saturated carbocycles. The molecule has 130 valence electrons. The van der Waals surface area contributed by atoms with Crippen LogP contribution in [0.2, 0.25) is 0 Å². The van der Waals surface area contributed by atoms with Crippen LogP contribution in [0, 0.1) is 10.1 Å². The van der Waals surface area contributed by atoms with Crippen LogP contribution in [-0.2, 0) is 0 Å². The molecule has 24 heavy (non-hydrogen) atoms. The van der Waals surface area contributed by atoms with Crippen LogP contribution >= 0.6 is 12.4 Å². The van der Waals surface area contributed by atoms with Gasteiger partial charge in [0.05, 0.1) is 10.6 Å². The Morgan fingerprint density at radius 1 is 1.33 bits per heavy atom. The second-order valence-electron chi connectivity index (χ2n) is 5.09. The van der Waals surface area contributed by atoms with Crippen molar-refractivity contribution in [2.75, 3.05) is 13.1 Å². The van der Waals surface area contributed by atoms with Crippen molar-refractivity contribution >= 4 is 24.0 Å². The van der Waals surface area contributed by atoms with Crippen molar-refractivity contribution in [1.29, 1.82) is 0 Å². The molecule has 0 fully saturated rings. The summed E-state index contributed by atoms with van der Waals surface area (Å²) in [6.07, 6.45) is 1.64. The van der Waals surface area contributed by atoms with Crippen LogP contribution in [0.5, 0.6) is 0 Å². The number of nitrogens with zero attached hydrogens (tertiary/aromatic N) is 3. The zero-order valence-corrected chi connectivity index (χ0v) is 14.2. The zero-order chi connectivity index (χ0) is 16.8. The Morgan fingerprint density at radius 2 is 2.00 bits per heavy atom. The molecule has 1 atom stereocenters. The largest absolute Gasteiger partial charge is 0.349 e. The van der Waals surface area contributed by atoms with Crippen LogP contribution in [0.1, 0.15) is 24.3 Å². The van der Waals surface area contributed by atoms with Gasteiger partial charge in [0.15, 0.2) is 5.69 Å². The number of nitrogens with one attached hydrogen (secondary N) is 2. The number of hydrogen-bond donors (Lipinski definition) is 2. The lowest BCUT2D eigenvalue weighted by molar-refractivity contribution is -0.384. The molecule has 0 unspecified atom stereocenters. The van der Waals surface area contributed by atoms with Gasteiger partial charge in [-0.2, -0.15) is 5.10 Å². The molecule has 1 heterocycles. The minimum Gasteiger partial charge on any atom is -0.349 e. The molecule has 2 N–H and O–H groups in total. The minimum absolute atomic E-state index is 0. The first-order valence-electron chi connectivity index (χ1n) is 7.33. The van der Waals surface area contributed by atoms with Crippen molar-refractivity contribution in [1.82, 2.24) is 20.4 Å². The predicted octanol–water partition coefficient (Wildman–Crippen LogP) is 1.93. The number of likely N-dealkylation sites (N-methyl/N-ethyl adjacent to an activating group) is 1. The zero-order valence-electron chi connectivity index (χ0n) is 13.4. The van der Waals surface area contributed by atoms with Crippen molar-refractivity contribution < 1.29 is 9.72 Å². The number of nitro groups is 1. The smallest absolute Gasteiger partial charge is 0.271 e. The molecule has 0 aliphatic rings. The van der Waals surface area contributed by atoms with Crippen molar-refractivity contribution in [3.05, 3.63) is 52.3 Å². The van der Waals surface area contributed by atoms with Gasteiger partial charge in [0.1, 0.15) is 0 Å². The lowest BCUT2D eigenvalue weighted by Gasteiger charge is -2.12. The van der Waals surface area contributed by atoms with Gasteiger partial charge in [-0.05, 0) is 31.7 Å². The van der Waals surface area contributed by atoms with Gasteiger partial charge in [-0.1, -0.05) is 6.92 Å². The predicted molar refractivity (Wildman–Crippen MR) is 92.9 cm³/mol. The van der Waals surface area contributed by atoms with Crippen molar-refractivity contribution in [2.45, 2.75) is 19.9 Å². The summed E-state index contributed by atoms with van der Waals surface area (Å²) in [5.74, 6) is -0.254. The molecular formula is C15H20ClN5O3. The number of non-ortho nitro benzene ring substituents is 1. The lowest BCUT2D eigenvalue weighted by Crippen LogP contribution is -2.38. The van der Waals surface area contributed by atoms with E-state index in [1.165, 1.54) is 16.8 Å². The highest BCUT2D eigenvalue weighted by atomic mass is 35.5. The SMILES string of the molecule is CCN[C@H](C)CNC(=O)c1ccn(-c2ccc([N+](=O)[O-])cc2)n1.Cl. The first-order chi connectivity index (χ1) is 11.0. The third-order valence-electron chi connectivity index (χ3n) is 3.27. The molecule has 9 heteroatoms. The average molecular weight is 354 g/mol. The monoisotopic (exact) mass is 353 g/mol. The summed E-state index contributed by atoms with van der Waals surface area (Å²) in [4.78, 5) is 22.2. The topological polar surface area (TPSA) is 102 Å². The van der Waals surface area contributed by atoms with Gasteiger partial charge >= 0.3 is 0 Å². The molecule has 2 aromatic rings. The van der Waals surface area contributed by atoms with Crippen molar-refractivity contribution in [2.24, 2.45) is 0 Å². The van der Waals surface area contributed by atoms with E-state index in [2.05, 4.69) is 15.7 Å². The number of aromatic nitrogens is 2. The van der Waals surface area contributed by atoms with Gasteiger partial charge in [0.2, 0.25) is 0 Å². The summed E-state index contributed by atoms with van der Waals surface area (Å²) in [5, 5.41) is 20.8. The molecule has 1 aromatic heterocycles. The van der Waals surface area contributed by atoms with Crippen LogP contribution in [0.15, 0.2) is 36.5 Å². The second-order valence-corrected chi connectivity index (χ2v) is 5.09. The summed E-state index contributed by atoms with van der Waals surface area (Å²) >= 11 is 0. The first-order valence-corrected chi connectivity index (χ1v) is 7.33. The Morgan fingerprint density at radius 3 is 2.58 bits per heavy atom. The fourth-order valence-corrected chi connectivity index (χ4v) is 2.07. The van der Waals surface area contributed by atoms with Gasteiger partial charge < -0.3 is 10.6 Å². The van der Waals surface area contributed by atoms with E-state index in [9.17, 15) is 14.9 Å². The summed E-state index contributed by atoms with van der Waals surface area (Å²) in [6.45, 7) is 5.34. The molecule has 1 aromatic carbocycles. The molecule has 0 spiro atoms. The van der Waals surface area contributed by atoms with Crippen LogP contribution in [0.25, 0.3) is 5.69 Å². The standard InChI is InChI=1S/C15H19N5O3.ClH/c1-3-16-11(2)10-17-15(21)14-8-9-19(18-14)12-4-6-13(7-5-12)20(22)23;/h4-9,11,16H,3,10H2,1-2H3,(H,17,21);1H/t11-;/m1./s1. The van der Waals surface area contributed by atoms with Gasteiger partial charge in [0, 0.05) is 30.9 Å². The fourth-order valence-electron chi connectivity index (χ4n) is 2.07. The van der Waals surface area contributed by atoms with Gasteiger partial charge in [0.25, 0.3) is 11.6 Å². The summed E-state index contributed by atoms with van der Waals surface area (Å²) in [6, 6.07) is 7.75. The maximum Gasteiger partial charge on any atom is 0.271 e. The molecule has 0 aliphatic heterocycles. The number of benzene rings is 1. The Hall–Kier alpha value is -2.45. The van der Waals surface area contributed by atoms with E-state index in [4.69, 9.17) is 0 Å². The Balaban J connectivity index is 0.00000288. The van der Waals surface area contributed by atoms with E-state index in [0.717, 1.165) is 6.54 Å². The highest BCUT2D eigenvalue weighted by molar-refractivity contribution is 5.92. The van der Waals surface area contributed by atoms with E-state index in [0.29, 0.717) is 17.9 Å². The number of carbonyl (C=O) groups excluding carboxylic acids is 1. The number of carbonyl (C=O) groups is 1. The molecule has 1 amide bonds. The van der Waals surface area contributed by atoms with Crippen LogP contribution in [-0.4, -0.2) is 39.7 Å². The number of rotatable bonds is 7. The Bertz CT molecular complexity index is 687. The van der Waals surface area contributed by atoms with E-state index >= 15 is 0 Å². The summed E-state index contributed by atoms with van der Waals surface area (Å²) < 4.78 is 1.51. The van der Waals surface area contributed by atoms with Gasteiger partial charge in [-0.3, -0.25) is 14.9 Å². The third-order valence-corrected chi connectivity index (χ3v) is 3.27. The molecule has 8 nitrogen and oxygen atoms in total. The van der Waals surface area contributed by atoms with Crippen LogP contribution < -0.4 is 10.6 Å². The maximum absolute atomic E-state index is 12.0. The Labute approximate surface area is 145 Å². The first kappa shape index (κ1) is 19.6. The molecule has 0 aliphatic carbocycles. The van der Waals surface area contributed by atoms with Gasteiger partial charge in [-0.15, -0.1) is 12.4 Å². The number of amides is 1. The van der Waals surface area contributed by atoms with E-state index < -0.39 is 4.92 Å². The molecular weight excluding hydrogens is 334 g/mol. The van der Waals surface area contributed by atoms with Crippen LogP contribution in [0.4, 0.5) is 5.69 Å². The second kappa shape index (κ2) is 8.99. The molecule has 0 radical (unpaired) electrons. The van der Waals surface area contributed by atoms with Crippen LogP contribution in [0.3, 0.4) is 0 Å². The molecule has 2 rings (SSSR count). The average Bonchev–Trinajstić information content (AvgIpc) is 3.03. The third kappa shape index (κ3) is 5.04. The quantitative estimate of drug-likeness (QED) is 0.585. The summed E-state index contributed by atoms with van der Waals surface area (Å²) in [7, 11) is 0. The fraction of sp³-hybridized carbons (Fsp3) is 0.333. The molecule has 0 bridgehead atoms. The highest BCUT2D eigenvalue weighted by Crippen LogP contribution is 2.14. The van der Waals surface area contributed by atoms with E-state index in [1.807, 2.05) is 13.8 Å². The maximum atomic E-state index is 12.0. The normalized spacial score (nSPS) is 11.4. The van der Waals surface area contributed by atoms with E-state index in [1.54, 1.807) is 24.4 Å². The number of nitro benzene ring substituents is 1. The number of hydrogen-bond acceptors (Lipinski definition) is 5. The minimum atomic E-state index is -0.461. The summed E-state index contributed by atoms with van der Waals surface area (Å²) in [5.41, 5.74) is 0.957. The molecule has 0 saturated heterocycles. The highest BCUT2D eigenvalue weighted by Gasteiger charge is 2.12. The van der Waals surface area contributed by atoms with Crippen molar-refractivity contribution in [3.63, 3.8) is 0 Å². The van der Waals surface area contributed by atoms with Gasteiger partial charge in [-0.25, -0.2) is 4.68 Å². The number of halogens is 1. The van der Waals surface area contributed by atoms with Crippen molar-refractivity contribution in [3.8, 4) is 5.69 Å². The Kier molecular flexibility index (Phi) is 7.34. The van der Waals surface area contributed by atoms with E-state index in [-0.39, 0.29) is 30.0 Å². The lowest BCUT2D eigenvalue weighted by atomic mass is 10.3.